The summed E-state index contributed by atoms with van der Waals surface area (Å²) in [5.41, 5.74) is 6.69. The van der Waals surface area contributed by atoms with Gasteiger partial charge < -0.3 is 10.5 Å². The summed E-state index contributed by atoms with van der Waals surface area (Å²) in [4.78, 5) is 0. The Morgan fingerprint density at radius 2 is 2.06 bits per heavy atom. The van der Waals surface area contributed by atoms with Crippen LogP contribution in [-0.4, -0.2) is 13.2 Å². The van der Waals surface area contributed by atoms with Crippen LogP contribution in [0.5, 0.6) is 5.75 Å². The van der Waals surface area contributed by atoms with Crippen LogP contribution in [0.1, 0.15) is 44.6 Å². The lowest BCUT2D eigenvalue weighted by Crippen LogP contribution is -2.23. The second kappa shape index (κ2) is 8.09. The summed E-state index contributed by atoms with van der Waals surface area (Å²) in [5, 5.41) is 0. The fourth-order valence-electron chi connectivity index (χ4n) is 2.09. The third-order valence-corrected chi connectivity index (χ3v) is 3.17. The molecule has 2 N–H and O–H groups in total. The van der Waals surface area contributed by atoms with Crippen molar-refractivity contribution >= 4 is 0 Å². The quantitative estimate of drug-likeness (QED) is 0.717. The molecule has 18 heavy (non-hydrogen) atoms. The molecule has 102 valence electrons. The average Bonchev–Trinajstić information content (AvgIpc) is 2.37. The standard InChI is InChI=1S/C15H24FNO/c1-3-4-5-6-9-13(17)11-12-8-7-10-14(18-2)15(12)16/h7-8,10,13H,3-6,9,11,17H2,1-2H3. The van der Waals surface area contributed by atoms with E-state index in [1.54, 1.807) is 18.2 Å². The fraction of sp³-hybridized carbons (Fsp3) is 0.600. The summed E-state index contributed by atoms with van der Waals surface area (Å²) < 4.78 is 18.9. The number of hydrogen-bond donors (Lipinski definition) is 1. The first-order valence-corrected chi connectivity index (χ1v) is 6.76. The smallest absolute Gasteiger partial charge is 0.168 e. The number of unbranched alkanes of at least 4 members (excludes halogenated alkanes) is 3. The van der Waals surface area contributed by atoms with Crippen molar-refractivity contribution in [3.05, 3.63) is 29.6 Å². The second-order valence-electron chi connectivity index (χ2n) is 4.75. The molecule has 0 aliphatic rings. The number of nitrogens with two attached hydrogens (primary N) is 1. The van der Waals surface area contributed by atoms with Gasteiger partial charge in [0.25, 0.3) is 0 Å². The molecule has 1 unspecified atom stereocenters. The van der Waals surface area contributed by atoms with Gasteiger partial charge in [-0.25, -0.2) is 4.39 Å². The highest BCUT2D eigenvalue weighted by atomic mass is 19.1. The first kappa shape index (κ1) is 15.0. The van der Waals surface area contributed by atoms with Crippen LogP contribution < -0.4 is 10.5 Å². The molecule has 3 heteroatoms. The Morgan fingerprint density at radius 3 is 2.72 bits per heavy atom. The van der Waals surface area contributed by atoms with E-state index in [-0.39, 0.29) is 11.9 Å². The van der Waals surface area contributed by atoms with Crippen LogP contribution in [-0.2, 0) is 6.42 Å². The minimum absolute atomic E-state index is 0.0310. The van der Waals surface area contributed by atoms with Gasteiger partial charge in [0.2, 0.25) is 0 Å². The summed E-state index contributed by atoms with van der Waals surface area (Å²) in [7, 11) is 1.48. The van der Waals surface area contributed by atoms with Crippen molar-refractivity contribution in [3.8, 4) is 5.75 Å². The molecule has 0 saturated heterocycles. The van der Waals surface area contributed by atoms with Gasteiger partial charge in [-0.1, -0.05) is 44.7 Å². The Morgan fingerprint density at radius 1 is 1.28 bits per heavy atom. The van der Waals surface area contributed by atoms with E-state index in [0.29, 0.717) is 17.7 Å². The molecule has 1 aromatic carbocycles. The van der Waals surface area contributed by atoms with E-state index in [1.165, 1.54) is 26.4 Å². The molecule has 0 aromatic heterocycles. The van der Waals surface area contributed by atoms with E-state index in [4.69, 9.17) is 10.5 Å². The van der Waals surface area contributed by atoms with E-state index in [1.807, 2.05) is 0 Å². The minimum atomic E-state index is -0.274. The molecule has 0 heterocycles. The average molecular weight is 253 g/mol. The van der Waals surface area contributed by atoms with E-state index in [2.05, 4.69) is 6.92 Å². The van der Waals surface area contributed by atoms with Crippen LogP contribution in [0.4, 0.5) is 4.39 Å². The SMILES string of the molecule is CCCCCCC(N)Cc1cccc(OC)c1F. The predicted octanol–water partition coefficient (Wildman–Crippen LogP) is 3.67. The van der Waals surface area contributed by atoms with Gasteiger partial charge >= 0.3 is 0 Å². The summed E-state index contributed by atoms with van der Waals surface area (Å²) in [6.07, 6.45) is 6.34. The summed E-state index contributed by atoms with van der Waals surface area (Å²) in [5.74, 6) is 0.0229. The van der Waals surface area contributed by atoms with E-state index in [9.17, 15) is 4.39 Å². The Balaban J connectivity index is 2.46. The molecule has 0 aliphatic carbocycles. The zero-order valence-corrected chi connectivity index (χ0v) is 11.4. The first-order valence-electron chi connectivity index (χ1n) is 6.76. The Kier molecular flexibility index (Phi) is 6.73. The van der Waals surface area contributed by atoms with Gasteiger partial charge in [-0.15, -0.1) is 0 Å². The van der Waals surface area contributed by atoms with Crippen LogP contribution in [0.2, 0.25) is 0 Å². The van der Waals surface area contributed by atoms with E-state index < -0.39 is 0 Å². The Bertz CT molecular complexity index is 354. The van der Waals surface area contributed by atoms with Crippen molar-refractivity contribution in [2.45, 2.75) is 51.5 Å². The largest absolute Gasteiger partial charge is 0.494 e. The molecule has 0 aliphatic heterocycles. The summed E-state index contributed by atoms with van der Waals surface area (Å²) in [6.45, 7) is 2.19. The number of benzene rings is 1. The van der Waals surface area contributed by atoms with Crippen molar-refractivity contribution in [1.82, 2.24) is 0 Å². The zero-order chi connectivity index (χ0) is 13.4. The molecule has 0 saturated carbocycles. The predicted molar refractivity (Wildman–Crippen MR) is 73.4 cm³/mol. The maximum atomic E-state index is 13.9. The third kappa shape index (κ3) is 4.65. The number of ether oxygens (including phenoxy) is 1. The van der Waals surface area contributed by atoms with Crippen LogP contribution in [0.3, 0.4) is 0 Å². The molecule has 1 aromatic rings. The lowest BCUT2D eigenvalue weighted by Gasteiger charge is -2.13. The highest BCUT2D eigenvalue weighted by Crippen LogP contribution is 2.21. The number of methoxy groups -OCH3 is 1. The minimum Gasteiger partial charge on any atom is -0.494 e. The van der Waals surface area contributed by atoms with Gasteiger partial charge in [0.05, 0.1) is 7.11 Å². The zero-order valence-electron chi connectivity index (χ0n) is 11.4. The molecule has 0 fully saturated rings. The normalized spacial score (nSPS) is 12.4. The maximum Gasteiger partial charge on any atom is 0.168 e. The van der Waals surface area contributed by atoms with Crippen LogP contribution in [0.25, 0.3) is 0 Å². The van der Waals surface area contributed by atoms with Gasteiger partial charge in [0.15, 0.2) is 11.6 Å². The molecule has 1 atom stereocenters. The van der Waals surface area contributed by atoms with E-state index in [0.717, 1.165) is 12.8 Å². The molecule has 0 spiro atoms. The highest BCUT2D eigenvalue weighted by molar-refractivity contribution is 5.31. The summed E-state index contributed by atoms with van der Waals surface area (Å²) in [6, 6.07) is 5.25. The topological polar surface area (TPSA) is 35.2 Å². The lowest BCUT2D eigenvalue weighted by atomic mass is 10.0. The molecular weight excluding hydrogens is 229 g/mol. The molecule has 0 amide bonds. The molecular formula is C15H24FNO. The van der Waals surface area contributed by atoms with Gasteiger partial charge in [-0.05, 0) is 24.5 Å². The number of hydrogen-bond acceptors (Lipinski definition) is 2. The van der Waals surface area contributed by atoms with E-state index >= 15 is 0 Å². The molecule has 0 bridgehead atoms. The van der Waals surface area contributed by atoms with Gasteiger partial charge in [0.1, 0.15) is 0 Å². The fourth-order valence-corrected chi connectivity index (χ4v) is 2.09. The number of rotatable bonds is 8. The maximum absolute atomic E-state index is 13.9. The third-order valence-electron chi connectivity index (χ3n) is 3.17. The lowest BCUT2D eigenvalue weighted by molar-refractivity contribution is 0.383. The van der Waals surface area contributed by atoms with Crippen molar-refractivity contribution in [3.63, 3.8) is 0 Å². The van der Waals surface area contributed by atoms with Gasteiger partial charge in [-0.2, -0.15) is 0 Å². The van der Waals surface area contributed by atoms with Crippen molar-refractivity contribution in [2.24, 2.45) is 5.73 Å². The van der Waals surface area contributed by atoms with Crippen LogP contribution in [0, 0.1) is 5.82 Å². The second-order valence-corrected chi connectivity index (χ2v) is 4.75. The van der Waals surface area contributed by atoms with Crippen molar-refractivity contribution in [1.29, 1.82) is 0 Å². The summed E-state index contributed by atoms with van der Waals surface area (Å²) >= 11 is 0. The van der Waals surface area contributed by atoms with Crippen molar-refractivity contribution < 1.29 is 9.13 Å². The van der Waals surface area contributed by atoms with Gasteiger partial charge in [0, 0.05) is 6.04 Å². The number of halogens is 1. The first-order chi connectivity index (χ1) is 8.69. The van der Waals surface area contributed by atoms with Crippen molar-refractivity contribution in [2.75, 3.05) is 7.11 Å². The Labute approximate surface area is 109 Å². The monoisotopic (exact) mass is 253 g/mol. The van der Waals surface area contributed by atoms with Crippen LogP contribution >= 0.6 is 0 Å². The van der Waals surface area contributed by atoms with Gasteiger partial charge in [-0.3, -0.25) is 0 Å². The Hall–Kier alpha value is -1.09. The molecule has 1 rings (SSSR count). The molecule has 0 radical (unpaired) electrons. The highest BCUT2D eigenvalue weighted by Gasteiger charge is 2.11. The molecule has 2 nitrogen and oxygen atoms in total. The van der Waals surface area contributed by atoms with Crippen LogP contribution in [0.15, 0.2) is 18.2 Å².